The molecule has 6 nitrogen and oxygen atoms in total. The predicted octanol–water partition coefficient (Wildman–Crippen LogP) is 1.88. The van der Waals surface area contributed by atoms with Gasteiger partial charge in [-0.15, -0.1) is 0 Å². The van der Waals surface area contributed by atoms with Crippen LogP contribution in [0.1, 0.15) is 61.5 Å². The summed E-state index contributed by atoms with van der Waals surface area (Å²) in [5.41, 5.74) is 4.46. The molecule has 0 aliphatic heterocycles. The van der Waals surface area contributed by atoms with E-state index in [0.29, 0.717) is 45.8 Å². The number of fused-ring (bicyclic) bond motifs is 8. The molecule has 2 atom stereocenters. The van der Waals surface area contributed by atoms with E-state index >= 15 is 0 Å². The monoisotopic (exact) mass is 408 g/mol. The summed E-state index contributed by atoms with van der Waals surface area (Å²) in [7, 11) is 0. The van der Waals surface area contributed by atoms with Crippen molar-refractivity contribution >= 4 is 33.7 Å². The first-order chi connectivity index (χ1) is 15.0. The Bertz CT molecular complexity index is 1330. The SMILES string of the molecule is O=C([O-])c1c2c(nc3ccccc13)[C@H]1Cc3c(nc4ccccc4c3C(=O)[O-])[C@@H](C2)C1. The fourth-order valence-electron chi connectivity index (χ4n) is 5.52. The number of aromatic carboxylic acids is 2. The van der Waals surface area contributed by atoms with Crippen molar-refractivity contribution in [3.8, 4) is 0 Å². The summed E-state index contributed by atoms with van der Waals surface area (Å²) in [6.07, 6.45) is 1.64. The summed E-state index contributed by atoms with van der Waals surface area (Å²) in [6, 6.07) is 14.3. The summed E-state index contributed by atoms with van der Waals surface area (Å²) in [4.78, 5) is 33.9. The highest BCUT2D eigenvalue weighted by Gasteiger charge is 2.39. The third-order valence-electron chi connectivity index (χ3n) is 6.70. The quantitative estimate of drug-likeness (QED) is 0.501. The zero-order valence-corrected chi connectivity index (χ0v) is 16.4. The Balaban J connectivity index is 1.62. The highest BCUT2D eigenvalue weighted by atomic mass is 16.4. The average molecular weight is 408 g/mol. The van der Waals surface area contributed by atoms with Crippen LogP contribution >= 0.6 is 0 Å². The molecule has 6 heteroatoms. The molecule has 2 aliphatic rings. The average Bonchev–Trinajstić information content (AvgIpc) is 2.76. The standard InChI is InChI=1S/C25H18N2O4/c28-24(29)20-14-5-1-3-7-18(14)26-22-13-9-12(10-16(20)22)23-17(11-13)21(25(30)31)15-6-2-4-8-19(15)27-23/h1-8,12-13H,9-11H2,(H,28,29)(H,30,31)/p-2/t12-,13-/m1/s1. The molecule has 2 aromatic heterocycles. The molecule has 152 valence electrons. The Hall–Kier alpha value is -3.80. The molecule has 0 fully saturated rings. The van der Waals surface area contributed by atoms with E-state index in [9.17, 15) is 19.8 Å². The van der Waals surface area contributed by atoms with Gasteiger partial charge in [0.05, 0.1) is 23.0 Å². The van der Waals surface area contributed by atoms with Gasteiger partial charge < -0.3 is 19.8 Å². The maximum atomic E-state index is 12.1. The van der Waals surface area contributed by atoms with Gasteiger partial charge in [0.25, 0.3) is 0 Å². The van der Waals surface area contributed by atoms with Gasteiger partial charge in [-0.05, 0) is 42.5 Å². The van der Waals surface area contributed by atoms with Crippen molar-refractivity contribution in [3.63, 3.8) is 0 Å². The zero-order chi connectivity index (χ0) is 21.3. The van der Waals surface area contributed by atoms with Crippen molar-refractivity contribution in [3.05, 3.63) is 82.2 Å². The minimum atomic E-state index is -1.21. The first-order valence-electron chi connectivity index (χ1n) is 10.3. The third-order valence-corrected chi connectivity index (χ3v) is 6.70. The fourth-order valence-corrected chi connectivity index (χ4v) is 5.52. The molecule has 31 heavy (non-hydrogen) atoms. The highest BCUT2D eigenvalue weighted by Crippen LogP contribution is 2.48. The number of nitrogens with zero attached hydrogens (tertiary/aromatic N) is 2. The van der Waals surface area contributed by atoms with Crippen LogP contribution in [0.3, 0.4) is 0 Å². The first-order valence-corrected chi connectivity index (χ1v) is 10.3. The number of carboxylic acid groups (broad SMARTS) is 2. The Kier molecular flexibility index (Phi) is 3.69. The number of hydrogen-bond donors (Lipinski definition) is 0. The van der Waals surface area contributed by atoms with Crippen LogP contribution in [0.25, 0.3) is 21.8 Å². The lowest BCUT2D eigenvalue weighted by molar-refractivity contribution is -0.256. The smallest absolute Gasteiger partial charge is 0.0725 e. The molecule has 4 aromatic rings. The van der Waals surface area contributed by atoms with Gasteiger partial charge >= 0.3 is 0 Å². The maximum Gasteiger partial charge on any atom is 0.0725 e. The van der Waals surface area contributed by atoms with Crippen LogP contribution in [-0.4, -0.2) is 21.9 Å². The number of carbonyl (C=O) groups excluding carboxylic acids is 2. The van der Waals surface area contributed by atoms with E-state index in [1.54, 1.807) is 36.4 Å². The fraction of sp³-hybridized carbons (Fsp3) is 0.200. The second-order valence-corrected chi connectivity index (χ2v) is 8.35. The van der Waals surface area contributed by atoms with Gasteiger partial charge in [-0.3, -0.25) is 9.97 Å². The lowest BCUT2D eigenvalue weighted by atomic mass is 9.68. The van der Waals surface area contributed by atoms with Crippen LogP contribution in [0.5, 0.6) is 0 Å². The molecule has 0 radical (unpaired) electrons. The molecule has 2 heterocycles. The molecule has 2 aromatic carbocycles. The lowest BCUT2D eigenvalue weighted by Crippen LogP contribution is -2.34. The third kappa shape index (κ3) is 2.51. The molecule has 0 spiro atoms. The van der Waals surface area contributed by atoms with Crippen LogP contribution in [0.4, 0.5) is 0 Å². The van der Waals surface area contributed by atoms with E-state index in [2.05, 4.69) is 0 Å². The van der Waals surface area contributed by atoms with E-state index in [1.165, 1.54) is 0 Å². The molecular formula is C25H16N2O4-2. The van der Waals surface area contributed by atoms with E-state index in [0.717, 1.165) is 17.8 Å². The van der Waals surface area contributed by atoms with Crippen molar-refractivity contribution in [2.75, 3.05) is 0 Å². The van der Waals surface area contributed by atoms with Crippen molar-refractivity contribution in [1.29, 1.82) is 0 Å². The molecule has 0 unspecified atom stereocenters. The zero-order valence-electron chi connectivity index (χ0n) is 16.4. The summed E-state index contributed by atoms with van der Waals surface area (Å²) in [5, 5.41) is 25.4. The Labute approximate surface area is 177 Å². The number of benzene rings is 2. The van der Waals surface area contributed by atoms with Gasteiger partial charge in [-0.1, -0.05) is 36.4 Å². The number of pyridine rings is 2. The molecular weight excluding hydrogens is 392 g/mol. The second-order valence-electron chi connectivity index (χ2n) is 8.35. The summed E-state index contributed by atoms with van der Waals surface area (Å²) < 4.78 is 0. The van der Waals surface area contributed by atoms with Crippen LogP contribution in [0.2, 0.25) is 0 Å². The van der Waals surface area contributed by atoms with E-state index in [4.69, 9.17) is 9.97 Å². The molecule has 0 saturated carbocycles. The Morgan fingerprint density at radius 3 is 1.55 bits per heavy atom. The van der Waals surface area contributed by atoms with E-state index < -0.39 is 11.9 Å². The Morgan fingerprint density at radius 1 is 0.710 bits per heavy atom. The van der Waals surface area contributed by atoms with Crippen LogP contribution < -0.4 is 10.2 Å². The number of para-hydroxylation sites is 2. The van der Waals surface area contributed by atoms with Gasteiger partial charge in [0.1, 0.15) is 0 Å². The van der Waals surface area contributed by atoms with Gasteiger partial charge in [-0.2, -0.15) is 0 Å². The molecule has 0 saturated heterocycles. The minimum Gasteiger partial charge on any atom is -0.545 e. The lowest BCUT2D eigenvalue weighted by Gasteiger charge is -2.39. The summed E-state index contributed by atoms with van der Waals surface area (Å²) >= 11 is 0. The van der Waals surface area contributed by atoms with E-state index in [-0.39, 0.29) is 23.0 Å². The second kappa shape index (κ2) is 6.35. The molecule has 0 amide bonds. The van der Waals surface area contributed by atoms with Gasteiger partial charge in [0.15, 0.2) is 0 Å². The predicted molar refractivity (Wildman–Crippen MR) is 110 cm³/mol. The Morgan fingerprint density at radius 2 is 1.13 bits per heavy atom. The molecule has 6 rings (SSSR count). The largest absolute Gasteiger partial charge is 0.545 e. The number of hydrogen-bond acceptors (Lipinski definition) is 6. The topological polar surface area (TPSA) is 106 Å². The molecule has 2 aliphatic carbocycles. The highest BCUT2D eigenvalue weighted by molar-refractivity contribution is 6.04. The number of carbonyl (C=O) groups is 2. The maximum absolute atomic E-state index is 12.1. The van der Waals surface area contributed by atoms with Crippen molar-refractivity contribution in [2.45, 2.75) is 31.1 Å². The number of aromatic nitrogens is 2. The minimum absolute atomic E-state index is 0.0787. The first kappa shape index (κ1) is 18.0. The van der Waals surface area contributed by atoms with Gasteiger partial charge in [0.2, 0.25) is 0 Å². The van der Waals surface area contributed by atoms with Crippen LogP contribution in [-0.2, 0) is 12.8 Å². The van der Waals surface area contributed by atoms with Crippen molar-refractivity contribution in [1.82, 2.24) is 9.97 Å². The van der Waals surface area contributed by atoms with Crippen molar-refractivity contribution < 1.29 is 19.8 Å². The normalized spacial score (nSPS) is 19.1. The van der Waals surface area contributed by atoms with Gasteiger partial charge in [-0.25, -0.2) is 0 Å². The summed E-state index contributed by atoms with van der Waals surface area (Å²) in [6.45, 7) is 0. The van der Waals surface area contributed by atoms with Gasteiger partial charge in [0, 0.05) is 45.1 Å². The van der Waals surface area contributed by atoms with E-state index in [1.807, 2.05) is 12.1 Å². The number of carboxylic acids is 2. The summed E-state index contributed by atoms with van der Waals surface area (Å²) in [5.74, 6) is -2.58. The molecule has 0 N–H and O–H groups in total. The van der Waals surface area contributed by atoms with Crippen LogP contribution in [0.15, 0.2) is 48.5 Å². The van der Waals surface area contributed by atoms with Crippen LogP contribution in [0, 0.1) is 0 Å². The number of rotatable bonds is 2. The van der Waals surface area contributed by atoms with Crippen molar-refractivity contribution in [2.24, 2.45) is 0 Å². The molecule has 2 bridgehead atoms.